The third-order valence-corrected chi connectivity index (χ3v) is 2.63. The number of aliphatic hydroxyl groups is 2. The number of nitrogens with zero attached hydrogens (tertiary/aromatic N) is 2. The zero-order valence-electron chi connectivity index (χ0n) is 8.40. The molecule has 0 unspecified atom stereocenters. The lowest BCUT2D eigenvalue weighted by molar-refractivity contribution is -0.0502. The van der Waals surface area contributed by atoms with Crippen molar-refractivity contribution < 1.29 is 10.2 Å². The van der Waals surface area contributed by atoms with Gasteiger partial charge in [-0.1, -0.05) is 0 Å². The van der Waals surface area contributed by atoms with Crippen LogP contribution in [0.5, 0.6) is 0 Å². The van der Waals surface area contributed by atoms with Gasteiger partial charge in [-0.05, 0) is 12.8 Å². The lowest BCUT2D eigenvalue weighted by Crippen LogP contribution is -2.53. The van der Waals surface area contributed by atoms with Crippen LogP contribution >= 0.6 is 0 Å². The molecule has 0 aromatic rings. The summed E-state index contributed by atoms with van der Waals surface area (Å²) in [5.41, 5.74) is 1.57. The Balaban J connectivity index is 2.50. The predicted octanol–water partition coefficient (Wildman–Crippen LogP) is -1.75. The minimum Gasteiger partial charge on any atom is -0.393 e. The second-order valence-corrected chi connectivity index (χ2v) is 3.56. The number of piperidine rings is 1. The Labute approximate surface area is 83.4 Å². The molecular weight excluding hydrogens is 184 g/mol. The molecule has 1 saturated heterocycles. The number of nitrogens with one attached hydrogen (secondary N) is 1. The van der Waals surface area contributed by atoms with E-state index in [1.165, 1.54) is 0 Å². The SMILES string of the molecule is CN=C(NN)N1CCC(O)(CO)CC1. The van der Waals surface area contributed by atoms with E-state index in [9.17, 15) is 5.11 Å². The van der Waals surface area contributed by atoms with Crippen molar-refractivity contribution in [2.75, 3.05) is 26.7 Å². The highest BCUT2D eigenvalue weighted by Crippen LogP contribution is 2.21. The van der Waals surface area contributed by atoms with Crippen molar-refractivity contribution in [1.82, 2.24) is 10.3 Å². The average Bonchev–Trinajstić information content (AvgIpc) is 2.23. The highest BCUT2D eigenvalue weighted by molar-refractivity contribution is 5.79. The first-order valence-corrected chi connectivity index (χ1v) is 4.67. The van der Waals surface area contributed by atoms with Crippen molar-refractivity contribution in [3.8, 4) is 0 Å². The van der Waals surface area contributed by atoms with Gasteiger partial charge in [-0.25, -0.2) is 5.84 Å². The smallest absolute Gasteiger partial charge is 0.208 e. The monoisotopic (exact) mass is 202 g/mol. The van der Waals surface area contributed by atoms with Crippen LogP contribution in [0.1, 0.15) is 12.8 Å². The van der Waals surface area contributed by atoms with E-state index >= 15 is 0 Å². The summed E-state index contributed by atoms with van der Waals surface area (Å²) in [4.78, 5) is 5.91. The molecule has 0 aliphatic carbocycles. The summed E-state index contributed by atoms with van der Waals surface area (Å²) in [6.45, 7) is 1.11. The minimum atomic E-state index is -0.927. The van der Waals surface area contributed by atoms with Gasteiger partial charge in [0.2, 0.25) is 5.96 Å². The molecule has 5 N–H and O–H groups in total. The molecule has 6 nitrogen and oxygen atoms in total. The molecule has 82 valence electrons. The Hall–Kier alpha value is -0.850. The molecule has 0 bridgehead atoms. The summed E-state index contributed by atoms with van der Waals surface area (Å²) in [6, 6.07) is 0. The Morgan fingerprint density at radius 3 is 2.50 bits per heavy atom. The number of rotatable bonds is 1. The van der Waals surface area contributed by atoms with E-state index < -0.39 is 5.60 Å². The van der Waals surface area contributed by atoms with E-state index in [1.54, 1.807) is 7.05 Å². The number of hydrogen-bond acceptors (Lipinski definition) is 4. The summed E-state index contributed by atoms with van der Waals surface area (Å²) in [5.74, 6) is 5.90. The topological polar surface area (TPSA) is 94.1 Å². The van der Waals surface area contributed by atoms with E-state index in [0.717, 1.165) is 0 Å². The first kappa shape index (κ1) is 11.2. The van der Waals surface area contributed by atoms with Gasteiger partial charge in [-0.15, -0.1) is 0 Å². The highest BCUT2D eigenvalue weighted by Gasteiger charge is 2.32. The van der Waals surface area contributed by atoms with Crippen molar-refractivity contribution in [2.24, 2.45) is 10.8 Å². The van der Waals surface area contributed by atoms with Crippen LogP contribution in [0.25, 0.3) is 0 Å². The van der Waals surface area contributed by atoms with E-state index in [1.807, 2.05) is 4.90 Å². The molecule has 1 aliphatic rings. The van der Waals surface area contributed by atoms with Gasteiger partial charge in [0, 0.05) is 20.1 Å². The second-order valence-electron chi connectivity index (χ2n) is 3.56. The molecule has 0 atom stereocenters. The Morgan fingerprint density at radius 2 is 2.14 bits per heavy atom. The normalized spacial score (nSPS) is 22.3. The Kier molecular flexibility index (Phi) is 3.68. The molecular formula is C8H18N4O2. The van der Waals surface area contributed by atoms with Gasteiger partial charge in [0.25, 0.3) is 0 Å². The Bertz CT molecular complexity index is 211. The van der Waals surface area contributed by atoms with Crippen LogP contribution in [0.2, 0.25) is 0 Å². The molecule has 1 rings (SSSR count). The number of likely N-dealkylation sites (tertiary alicyclic amines) is 1. The van der Waals surface area contributed by atoms with Crippen molar-refractivity contribution in [3.05, 3.63) is 0 Å². The maximum absolute atomic E-state index is 9.76. The number of aliphatic imine (C=N–C) groups is 1. The summed E-state index contributed by atoms with van der Waals surface area (Å²) >= 11 is 0. The van der Waals surface area contributed by atoms with Crippen molar-refractivity contribution in [1.29, 1.82) is 0 Å². The summed E-state index contributed by atoms with van der Waals surface area (Å²) in [5, 5.41) is 18.7. The van der Waals surface area contributed by atoms with E-state index in [2.05, 4.69) is 10.4 Å². The summed E-state index contributed by atoms with van der Waals surface area (Å²) in [7, 11) is 1.65. The van der Waals surface area contributed by atoms with Crippen LogP contribution in [-0.2, 0) is 0 Å². The van der Waals surface area contributed by atoms with Gasteiger partial charge in [0.05, 0.1) is 12.2 Å². The third-order valence-electron chi connectivity index (χ3n) is 2.63. The van der Waals surface area contributed by atoms with Crippen LogP contribution in [0.15, 0.2) is 4.99 Å². The Morgan fingerprint density at radius 1 is 1.57 bits per heavy atom. The van der Waals surface area contributed by atoms with Gasteiger partial charge >= 0.3 is 0 Å². The minimum absolute atomic E-state index is 0.185. The van der Waals surface area contributed by atoms with Crippen molar-refractivity contribution >= 4 is 5.96 Å². The molecule has 1 fully saturated rings. The van der Waals surface area contributed by atoms with Crippen LogP contribution in [-0.4, -0.2) is 53.4 Å². The lowest BCUT2D eigenvalue weighted by atomic mass is 9.93. The molecule has 0 aromatic heterocycles. The largest absolute Gasteiger partial charge is 0.393 e. The zero-order chi connectivity index (χ0) is 10.6. The van der Waals surface area contributed by atoms with Gasteiger partial charge in [0.1, 0.15) is 0 Å². The van der Waals surface area contributed by atoms with Gasteiger partial charge < -0.3 is 15.1 Å². The highest BCUT2D eigenvalue weighted by atomic mass is 16.3. The van der Waals surface area contributed by atoms with E-state index in [0.29, 0.717) is 31.9 Å². The molecule has 0 amide bonds. The van der Waals surface area contributed by atoms with Crippen LogP contribution in [0.4, 0.5) is 0 Å². The molecule has 0 aromatic carbocycles. The molecule has 1 aliphatic heterocycles. The fourth-order valence-electron chi connectivity index (χ4n) is 1.59. The molecule has 14 heavy (non-hydrogen) atoms. The van der Waals surface area contributed by atoms with Gasteiger partial charge in [0.15, 0.2) is 0 Å². The molecule has 0 radical (unpaired) electrons. The molecule has 6 heteroatoms. The number of aliphatic hydroxyl groups excluding tert-OH is 1. The quantitative estimate of drug-likeness (QED) is 0.175. The summed E-state index contributed by atoms with van der Waals surface area (Å²) < 4.78 is 0. The third kappa shape index (κ3) is 2.34. The van der Waals surface area contributed by atoms with E-state index in [-0.39, 0.29) is 6.61 Å². The first-order valence-electron chi connectivity index (χ1n) is 4.67. The van der Waals surface area contributed by atoms with Gasteiger partial charge in [-0.2, -0.15) is 0 Å². The van der Waals surface area contributed by atoms with Crippen molar-refractivity contribution in [3.63, 3.8) is 0 Å². The van der Waals surface area contributed by atoms with Crippen LogP contribution < -0.4 is 11.3 Å². The fraction of sp³-hybridized carbons (Fsp3) is 0.875. The van der Waals surface area contributed by atoms with Gasteiger partial charge in [-0.3, -0.25) is 10.4 Å². The number of hydrazine groups is 1. The zero-order valence-corrected chi connectivity index (χ0v) is 8.40. The first-order chi connectivity index (χ1) is 6.65. The predicted molar refractivity (Wildman–Crippen MR) is 53.5 cm³/mol. The maximum atomic E-state index is 9.76. The fourth-order valence-corrected chi connectivity index (χ4v) is 1.59. The number of nitrogens with two attached hydrogens (primary N) is 1. The molecule has 0 spiro atoms. The summed E-state index contributed by atoms with van der Waals surface area (Å²) in [6.07, 6.45) is 1.06. The maximum Gasteiger partial charge on any atom is 0.208 e. The lowest BCUT2D eigenvalue weighted by Gasteiger charge is -2.37. The van der Waals surface area contributed by atoms with Crippen LogP contribution in [0, 0.1) is 0 Å². The molecule has 1 heterocycles. The van der Waals surface area contributed by atoms with Crippen molar-refractivity contribution in [2.45, 2.75) is 18.4 Å². The van der Waals surface area contributed by atoms with E-state index in [4.69, 9.17) is 10.9 Å². The molecule has 0 saturated carbocycles. The number of hydrogen-bond donors (Lipinski definition) is 4. The van der Waals surface area contributed by atoms with Crippen LogP contribution in [0.3, 0.4) is 0 Å². The second kappa shape index (κ2) is 4.59. The number of guanidine groups is 1. The average molecular weight is 202 g/mol. The standard InChI is InChI=1S/C8H18N4O2/c1-10-7(11-9)12-4-2-8(14,6-13)3-5-12/h13-14H,2-6,9H2,1H3,(H,10,11).